The van der Waals surface area contributed by atoms with Crippen LogP contribution < -0.4 is 0 Å². The fourth-order valence-electron chi connectivity index (χ4n) is 3.53. The summed E-state index contributed by atoms with van der Waals surface area (Å²) < 4.78 is 5.45. The monoisotopic (exact) mass is 350 g/mol. The predicted molar refractivity (Wildman–Crippen MR) is 102 cm³/mol. The molecular formula is C23H26O3. The van der Waals surface area contributed by atoms with Gasteiger partial charge in [0.15, 0.2) is 0 Å². The normalized spacial score (nSPS) is 19.3. The minimum Gasteiger partial charge on any atom is -0.457 e. The Labute approximate surface area is 155 Å². The van der Waals surface area contributed by atoms with Crippen molar-refractivity contribution >= 4 is 11.8 Å². The molecule has 1 saturated heterocycles. The van der Waals surface area contributed by atoms with Crippen LogP contribution in [0.3, 0.4) is 0 Å². The summed E-state index contributed by atoms with van der Waals surface area (Å²) in [6, 6.07) is 18.3. The Morgan fingerprint density at radius 1 is 1.00 bits per heavy atom. The van der Waals surface area contributed by atoms with Crippen LogP contribution in [0.2, 0.25) is 0 Å². The Bertz CT molecular complexity index is 734. The van der Waals surface area contributed by atoms with E-state index in [0.29, 0.717) is 6.42 Å². The number of carbonyl (C=O) groups is 2. The van der Waals surface area contributed by atoms with E-state index in [1.165, 1.54) is 5.56 Å². The number of unbranched alkanes of at least 4 members (excludes halogenated alkanes) is 2. The number of Topliss-reactive ketones (excluding diaryl/α,β-unsaturated/α-hetero) is 1. The van der Waals surface area contributed by atoms with Crippen molar-refractivity contribution in [1.29, 1.82) is 0 Å². The molecule has 2 aromatic carbocycles. The van der Waals surface area contributed by atoms with Gasteiger partial charge in [0.2, 0.25) is 0 Å². The summed E-state index contributed by atoms with van der Waals surface area (Å²) in [7, 11) is 0. The number of carbonyl (C=O) groups excluding carboxylic acids is 2. The standard InChI is InChI=1S/C23H26O3/c1-17-12-14-19(15-13-17)23-20(16-22(25)26-23)21(24)11-7-3-6-10-18-8-4-2-5-9-18/h2,4-5,8-9,12-15,20,23H,3,6-7,10-11,16H2,1H3/t20-,23-/m1/s1. The summed E-state index contributed by atoms with van der Waals surface area (Å²) in [5.41, 5.74) is 3.41. The van der Waals surface area contributed by atoms with E-state index in [2.05, 4.69) is 24.3 Å². The van der Waals surface area contributed by atoms with Crippen LogP contribution in [0.25, 0.3) is 0 Å². The Morgan fingerprint density at radius 3 is 2.46 bits per heavy atom. The highest BCUT2D eigenvalue weighted by Gasteiger charge is 2.39. The first-order valence-electron chi connectivity index (χ1n) is 9.46. The van der Waals surface area contributed by atoms with E-state index >= 15 is 0 Å². The van der Waals surface area contributed by atoms with E-state index in [-0.39, 0.29) is 24.1 Å². The Kier molecular flexibility index (Phi) is 6.21. The minimum atomic E-state index is -0.417. The van der Waals surface area contributed by atoms with Crippen LogP contribution in [0.1, 0.15) is 54.9 Å². The summed E-state index contributed by atoms with van der Waals surface area (Å²) in [6.07, 6.45) is 4.35. The average Bonchev–Trinajstić information content (AvgIpc) is 3.04. The molecule has 3 nitrogen and oxygen atoms in total. The van der Waals surface area contributed by atoms with E-state index in [9.17, 15) is 9.59 Å². The van der Waals surface area contributed by atoms with Gasteiger partial charge in [0.05, 0.1) is 12.3 Å². The molecule has 3 heteroatoms. The lowest BCUT2D eigenvalue weighted by atomic mass is 9.88. The smallest absolute Gasteiger partial charge is 0.307 e. The molecule has 0 unspecified atom stereocenters. The maximum atomic E-state index is 12.6. The molecule has 0 bridgehead atoms. The molecule has 0 aliphatic carbocycles. The maximum absolute atomic E-state index is 12.6. The highest BCUT2D eigenvalue weighted by Crippen LogP contribution is 2.37. The highest BCUT2D eigenvalue weighted by molar-refractivity contribution is 5.88. The fourth-order valence-corrected chi connectivity index (χ4v) is 3.53. The number of hydrogen-bond donors (Lipinski definition) is 0. The van der Waals surface area contributed by atoms with Crippen LogP contribution in [-0.2, 0) is 20.7 Å². The number of ketones is 1. The van der Waals surface area contributed by atoms with Gasteiger partial charge in [-0.25, -0.2) is 0 Å². The zero-order valence-corrected chi connectivity index (χ0v) is 15.3. The maximum Gasteiger partial charge on any atom is 0.307 e. The third-order valence-corrected chi connectivity index (χ3v) is 5.06. The second-order valence-electron chi connectivity index (χ2n) is 7.14. The van der Waals surface area contributed by atoms with E-state index < -0.39 is 6.10 Å². The van der Waals surface area contributed by atoms with Gasteiger partial charge < -0.3 is 4.74 Å². The quantitative estimate of drug-likeness (QED) is 0.498. The lowest BCUT2D eigenvalue weighted by molar-refractivity contribution is -0.141. The molecule has 1 aliphatic heterocycles. The molecule has 2 aromatic rings. The molecule has 0 spiro atoms. The first kappa shape index (κ1) is 18.4. The van der Waals surface area contributed by atoms with Crippen LogP contribution in [-0.4, -0.2) is 11.8 Å². The number of ether oxygens (including phenoxy) is 1. The summed E-state index contributed by atoms with van der Waals surface area (Å²) in [5.74, 6) is -0.446. The molecule has 0 aromatic heterocycles. The number of aryl methyl sites for hydroxylation is 2. The van der Waals surface area contributed by atoms with Crippen molar-refractivity contribution in [3.63, 3.8) is 0 Å². The fraction of sp³-hybridized carbons (Fsp3) is 0.391. The third-order valence-electron chi connectivity index (χ3n) is 5.06. The van der Waals surface area contributed by atoms with E-state index in [1.807, 2.05) is 37.3 Å². The highest BCUT2D eigenvalue weighted by atomic mass is 16.6. The minimum absolute atomic E-state index is 0.154. The van der Waals surface area contributed by atoms with E-state index in [4.69, 9.17) is 4.74 Å². The number of hydrogen-bond acceptors (Lipinski definition) is 3. The lowest BCUT2D eigenvalue weighted by Crippen LogP contribution is -2.18. The van der Waals surface area contributed by atoms with Crippen molar-refractivity contribution in [2.24, 2.45) is 5.92 Å². The van der Waals surface area contributed by atoms with Gasteiger partial charge >= 0.3 is 5.97 Å². The van der Waals surface area contributed by atoms with Gasteiger partial charge in [-0.15, -0.1) is 0 Å². The Balaban J connectivity index is 1.48. The number of benzene rings is 2. The van der Waals surface area contributed by atoms with Gasteiger partial charge in [-0.05, 0) is 37.3 Å². The number of esters is 1. The van der Waals surface area contributed by atoms with Crippen molar-refractivity contribution in [2.45, 2.75) is 51.6 Å². The SMILES string of the molecule is Cc1ccc([C@H]2OC(=O)C[C@@H]2C(=O)CCCCCc2ccccc2)cc1. The molecule has 3 rings (SSSR count). The van der Waals surface area contributed by atoms with Gasteiger partial charge in [0.25, 0.3) is 0 Å². The second-order valence-corrected chi connectivity index (χ2v) is 7.14. The Morgan fingerprint density at radius 2 is 1.73 bits per heavy atom. The summed E-state index contributed by atoms with van der Waals surface area (Å²) in [5, 5.41) is 0. The van der Waals surface area contributed by atoms with E-state index in [1.54, 1.807) is 0 Å². The summed E-state index contributed by atoms with van der Waals surface area (Å²) in [4.78, 5) is 24.4. The van der Waals surface area contributed by atoms with Crippen LogP contribution in [0.4, 0.5) is 0 Å². The van der Waals surface area contributed by atoms with Gasteiger partial charge in [-0.1, -0.05) is 66.6 Å². The molecule has 1 fully saturated rings. The molecule has 0 amide bonds. The molecule has 1 aliphatic rings. The average molecular weight is 350 g/mol. The third kappa shape index (κ3) is 4.81. The summed E-state index contributed by atoms with van der Waals surface area (Å²) >= 11 is 0. The Hall–Kier alpha value is -2.42. The van der Waals surface area contributed by atoms with Crippen LogP contribution >= 0.6 is 0 Å². The van der Waals surface area contributed by atoms with Gasteiger partial charge in [-0.3, -0.25) is 9.59 Å². The predicted octanol–water partition coefficient (Wildman–Crippen LogP) is 4.97. The van der Waals surface area contributed by atoms with Crippen LogP contribution in [0, 0.1) is 12.8 Å². The van der Waals surface area contributed by atoms with Gasteiger partial charge in [0, 0.05) is 6.42 Å². The first-order chi connectivity index (χ1) is 12.6. The van der Waals surface area contributed by atoms with Crippen molar-refractivity contribution in [3.05, 3.63) is 71.3 Å². The molecule has 0 N–H and O–H groups in total. The molecular weight excluding hydrogens is 324 g/mol. The topological polar surface area (TPSA) is 43.4 Å². The van der Waals surface area contributed by atoms with Gasteiger partial charge in [-0.2, -0.15) is 0 Å². The zero-order valence-electron chi connectivity index (χ0n) is 15.3. The molecule has 0 radical (unpaired) electrons. The van der Waals surface area contributed by atoms with E-state index in [0.717, 1.165) is 36.8 Å². The first-order valence-corrected chi connectivity index (χ1v) is 9.46. The lowest BCUT2D eigenvalue weighted by Gasteiger charge is -2.17. The summed E-state index contributed by atoms with van der Waals surface area (Å²) in [6.45, 7) is 2.02. The van der Waals surface area contributed by atoms with Crippen molar-refractivity contribution < 1.29 is 14.3 Å². The van der Waals surface area contributed by atoms with Crippen molar-refractivity contribution in [3.8, 4) is 0 Å². The molecule has 1 heterocycles. The van der Waals surface area contributed by atoms with Gasteiger partial charge in [0.1, 0.15) is 11.9 Å². The van der Waals surface area contributed by atoms with Crippen LogP contribution in [0.15, 0.2) is 54.6 Å². The van der Waals surface area contributed by atoms with Crippen molar-refractivity contribution in [2.75, 3.05) is 0 Å². The molecule has 0 saturated carbocycles. The number of rotatable bonds is 8. The molecule has 26 heavy (non-hydrogen) atoms. The van der Waals surface area contributed by atoms with Crippen molar-refractivity contribution in [1.82, 2.24) is 0 Å². The van der Waals surface area contributed by atoms with Crippen LogP contribution in [0.5, 0.6) is 0 Å². The second kappa shape index (κ2) is 8.79. The zero-order chi connectivity index (χ0) is 18.4. The number of cyclic esters (lactones) is 1. The molecule has 2 atom stereocenters. The molecule has 136 valence electrons. The largest absolute Gasteiger partial charge is 0.457 e.